The van der Waals surface area contributed by atoms with Crippen LogP contribution in [0.3, 0.4) is 0 Å². The summed E-state index contributed by atoms with van der Waals surface area (Å²) in [6.45, 7) is 4.12. The summed E-state index contributed by atoms with van der Waals surface area (Å²) in [5.74, 6) is -1.31. The van der Waals surface area contributed by atoms with Crippen molar-refractivity contribution in [2.24, 2.45) is 11.8 Å². The molecule has 2 heterocycles. The van der Waals surface area contributed by atoms with E-state index in [1.165, 1.54) is 11.8 Å². The van der Waals surface area contributed by atoms with Gasteiger partial charge in [0, 0.05) is 11.6 Å². The molecule has 9 heteroatoms. The molecule has 36 heavy (non-hydrogen) atoms. The van der Waals surface area contributed by atoms with E-state index in [0.717, 1.165) is 37.9 Å². The number of carbonyl (C=O) groups is 3. The number of carboxylic acids is 1. The molecule has 192 valence electrons. The number of carbonyl (C=O) groups excluding carboxylic acids is 2. The average molecular weight is 514 g/mol. The molecule has 2 aromatic rings. The third-order valence-electron chi connectivity index (χ3n) is 6.83. The first-order valence-corrected chi connectivity index (χ1v) is 12.7. The van der Waals surface area contributed by atoms with Gasteiger partial charge in [-0.25, -0.2) is 0 Å². The van der Waals surface area contributed by atoms with Crippen LogP contribution in [0.25, 0.3) is 0 Å². The fraction of sp³-hybridized carbons (Fsp3) is 0.444. The third-order valence-corrected chi connectivity index (χ3v) is 7.08. The van der Waals surface area contributed by atoms with Gasteiger partial charge in [0.15, 0.2) is 0 Å². The Kier molecular flexibility index (Phi) is 8.48. The molecule has 1 unspecified atom stereocenters. The van der Waals surface area contributed by atoms with Crippen molar-refractivity contribution in [2.45, 2.75) is 32.7 Å². The minimum Gasteiger partial charge on any atom is -0.494 e. The molecule has 2 aliphatic heterocycles. The lowest BCUT2D eigenvalue weighted by molar-refractivity contribution is -0.141. The third kappa shape index (κ3) is 6.36. The monoisotopic (exact) mass is 513 g/mol. The molecule has 8 nitrogen and oxygen atoms in total. The van der Waals surface area contributed by atoms with Crippen LogP contribution in [0.1, 0.15) is 42.1 Å². The average Bonchev–Trinajstić information content (AvgIpc) is 2.96. The number of rotatable bonds is 9. The second-order valence-corrected chi connectivity index (χ2v) is 9.98. The molecule has 2 aromatic carbocycles. The normalized spacial score (nSPS) is 17.5. The highest BCUT2D eigenvalue weighted by Gasteiger charge is 2.33. The Balaban J connectivity index is 1.59. The second kappa shape index (κ2) is 11.8. The van der Waals surface area contributed by atoms with Crippen LogP contribution in [0.2, 0.25) is 5.02 Å². The number of ether oxygens (including phenoxy) is 1. The molecule has 0 radical (unpaired) electrons. The van der Waals surface area contributed by atoms with E-state index in [0.29, 0.717) is 34.5 Å². The fourth-order valence-corrected chi connectivity index (χ4v) is 4.78. The van der Waals surface area contributed by atoms with E-state index in [4.69, 9.17) is 16.3 Å². The molecular formula is C27H32ClN3O5. The number of nitrogens with one attached hydrogen (secondary N) is 1. The Morgan fingerprint density at radius 3 is 2.58 bits per heavy atom. The number of benzene rings is 2. The van der Waals surface area contributed by atoms with Crippen molar-refractivity contribution in [1.82, 2.24) is 10.2 Å². The van der Waals surface area contributed by atoms with Crippen molar-refractivity contribution in [3.63, 3.8) is 0 Å². The predicted octanol–water partition coefficient (Wildman–Crippen LogP) is 3.82. The van der Waals surface area contributed by atoms with Gasteiger partial charge < -0.3 is 25.0 Å². The molecule has 1 saturated heterocycles. The Hall–Kier alpha value is -3.10. The number of hydrogen-bond acceptors (Lipinski definition) is 5. The predicted molar refractivity (Wildman–Crippen MR) is 137 cm³/mol. The van der Waals surface area contributed by atoms with Gasteiger partial charge in [0.05, 0.1) is 30.3 Å². The van der Waals surface area contributed by atoms with Crippen LogP contribution in [0, 0.1) is 11.8 Å². The van der Waals surface area contributed by atoms with Crippen molar-refractivity contribution in [3.05, 3.63) is 58.6 Å². The minimum atomic E-state index is -1.02. The van der Waals surface area contributed by atoms with Crippen LogP contribution in [-0.4, -0.2) is 60.6 Å². The van der Waals surface area contributed by atoms with Gasteiger partial charge in [-0.15, -0.1) is 0 Å². The quantitative estimate of drug-likeness (QED) is 0.529. The summed E-state index contributed by atoms with van der Waals surface area (Å²) in [6.07, 6.45) is 3.20. The van der Waals surface area contributed by atoms with Gasteiger partial charge in [0.25, 0.3) is 5.91 Å². The standard InChI is InChI=1S/C27H32ClN3O5/c1-18(27(34)35)15-30-17-25(32)31(16-20-2-4-21(28)5-3-20)24-7-6-22(14-23(24)26(30)33)36-13-10-19-8-11-29-12-9-19/h2-7,14,18-19,29H,8-13,15-17H2,1H3,(H,34,35). The van der Waals surface area contributed by atoms with Gasteiger partial charge in [0.2, 0.25) is 5.91 Å². The van der Waals surface area contributed by atoms with Crippen LogP contribution in [0.4, 0.5) is 5.69 Å². The summed E-state index contributed by atoms with van der Waals surface area (Å²) >= 11 is 6.01. The summed E-state index contributed by atoms with van der Waals surface area (Å²) in [4.78, 5) is 41.2. The van der Waals surface area contributed by atoms with Crippen LogP contribution in [0.5, 0.6) is 5.75 Å². The summed E-state index contributed by atoms with van der Waals surface area (Å²) in [7, 11) is 0. The molecule has 1 atom stereocenters. The van der Waals surface area contributed by atoms with Gasteiger partial charge in [0.1, 0.15) is 12.3 Å². The fourth-order valence-electron chi connectivity index (χ4n) is 4.65. The SMILES string of the molecule is CC(CN1CC(=O)N(Cc2ccc(Cl)cc2)c2ccc(OCCC3CCNCC3)cc2C1=O)C(=O)O. The van der Waals surface area contributed by atoms with Crippen molar-refractivity contribution >= 4 is 35.1 Å². The summed E-state index contributed by atoms with van der Waals surface area (Å²) < 4.78 is 6.01. The summed E-state index contributed by atoms with van der Waals surface area (Å²) in [5, 5.41) is 13.3. The molecule has 2 aliphatic rings. The van der Waals surface area contributed by atoms with E-state index >= 15 is 0 Å². The molecule has 0 aliphatic carbocycles. The first-order valence-electron chi connectivity index (χ1n) is 12.4. The molecule has 2 amide bonds. The number of fused-ring (bicyclic) bond motifs is 1. The number of anilines is 1. The first-order chi connectivity index (χ1) is 17.3. The van der Waals surface area contributed by atoms with Crippen LogP contribution >= 0.6 is 11.6 Å². The Morgan fingerprint density at radius 1 is 1.17 bits per heavy atom. The number of halogens is 1. The summed E-state index contributed by atoms with van der Waals surface area (Å²) in [6, 6.07) is 12.4. The lowest BCUT2D eigenvalue weighted by atomic mass is 9.95. The van der Waals surface area contributed by atoms with Crippen LogP contribution in [-0.2, 0) is 16.1 Å². The van der Waals surface area contributed by atoms with Crippen LogP contribution < -0.4 is 15.0 Å². The van der Waals surface area contributed by atoms with E-state index < -0.39 is 11.9 Å². The van der Waals surface area contributed by atoms with E-state index in [-0.39, 0.29) is 31.4 Å². The van der Waals surface area contributed by atoms with E-state index in [2.05, 4.69) is 5.32 Å². The molecule has 4 rings (SSSR count). The number of hydrogen-bond donors (Lipinski definition) is 2. The first kappa shape index (κ1) is 26.0. The van der Waals surface area contributed by atoms with Gasteiger partial charge in [-0.2, -0.15) is 0 Å². The van der Waals surface area contributed by atoms with Gasteiger partial charge >= 0.3 is 5.97 Å². The zero-order chi connectivity index (χ0) is 25.7. The topological polar surface area (TPSA) is 99.2 Å². The molecule has 0 spiro atoms. The Morgan fingerprint density at radius 2 is 1.89 bits per heavy atom. The molecule has 0 aromatic heterocycles. The Bertz CT molecular complexity index is 1100. The number of piperidine rings is 1. The van der Waals surface area contributed by atoms with E-state index in [1.807, 2.05) is 12.1 Å². The second-order valence-electron chi connectivity index (χ2n) is 9.54. The Labute approximate surface area is 216 Å². The van der Waals surface area contributed by atoms with Gasteiger partial charge in [-0.1, -0.05) is 30.7 Å². The lowest BCUT2D eigenvalue weighted by Crippen LogP contribution is -2.42. The lowest BCUT2D eigenvalue weighted by Gasteiger charge is -2.24. The summed E-state index contributed by atoms with van der Waals surface area (Å²) in [5.41, 5.74) is 1.67. The highest BCUT2D eigenvalue weighted by molar-refractivity contribution is 6.30. The molecule has 0 saturated carbocycles. The van der Waals surface area contributed by atoms with Crippen molar-refractivity contribution in [2.75, 3.05) is 37.7 Å². The highest BCUT2D eigenvalue weighted by Crippen LogP contribution is 2.31. The molecule has 1 fully saturated rings. The zero-order valence-corrected chi connectivity index (χ0v) is 21.2. The van der Waals surface area contributed by atoms with Gasteiger partial charge in [-0.05, 0) is 74.2 Å². The molecular weight excluding hydrogens is 482 g/mol. The number of carboxylic acid groups (broad SMARTS) is 1. The van der Waals surface area contributed by atoms with Crippen molar-refractivity contribution in [1.29, 1.82) is 0 Å². The maximum absolute atomic E-state index is 13.5. The van der Waals surface area contributed by atoms with Crippen molar-refractivity contribution in [3.8, 4) is 5.75 Å². The van der Waals surface area contributed by atoms with E-state index in [1.54, 1.807) is 35.2 Å². The number of amides is 2. The number of nitrogens with zero attached hydrogens (tertiary/aromatic N) is 2. The highest BCUT2D eigenvalue weighted by atomic mass is 35.5. The minimum absolute atomic E-state index is 0.0606. The maximum Gasteiger partial charge on any atom is 0.308 e. The zero-order valence-electron chi connectivity index (χ0n) is 20.4. The van der Waals surface area contributed by atoms with E-state index in [9.17, 15) is 19.5 Å². The number of aliphatic carboxylic acids is 1. The van der Waals surface area contributed by atoms with Crippen molar-refractivity contribution < 1.29 is 24.2 Å². The molecule has 0 bridgehead atoms. The largest absolute Gasteiger partial charge is 0.494 e. The van der Waals surface area contributed by atoms with Crippen LogP contribution in [0.15, 0.2) is 42.5 Å². The molecule has 2 N–H and O–H groups in total. The van der Waals surface area contributed by atoms with Gasteiger partial charge in [-0.3, -0.25) is 14.4 Å². The maximum atomic E-state index is 13.5. The smallest absolute Gasteiger partial charge is 0.308 e.